The van der Waals surface area contributed by atoms with E-state index in [-0.39, 0.29) is 17.2 Å². The van der Waals surface area contributed by atoms with Crippen molar-refractivity contribution >= 4 is 35.2 Å². The van der Waals surface area contributed by atoms with E-state index in [1.807, 2.05) is 12.1 Å². The molecule has 0 aliphatic rings. The van der Waals surface area contributed by atoms with Gasteiger partial charge in [-0.1, -0.05) is 17.7 Å². The molecule has 2 aromatic rings. The zero-order valence-electron chi connectivity index (χ0n) is 12.2. The average Bonchev–Trinajstić information content (AvgIpc) is 2.54. The summed E-state index contributed by atoms with van der Waals surface area (Å²) in [6.45, 7) is 1.73. The zero-order valence-corrected chi connectivity index (χ0v) is 13.8. The van der Waals surface area contributed by atoms with Crippen LogP contribution in [0.4, 0.5) is 0 Å². The number of aromatic hydroxyl groups is 1. The first-order chi connectivity index (χ1) is 11.0. The molecular weight excluding hydrogens is 336 g/mol. The van der Waals surface area contributed by atoms with Gasteiger partial charge in [0, 0.05) is 15.5 Å². The van der Waals surface area contributed by atoms with Crippen LogP contribution in [0.1, 0.15) is 17.3 Å². The Labute approximate surface area is 143 Å². The van der Waals surface area contributed by atoms with Gasteiger partial charge in [-0.05, 0) is 49.4 Å². The molecule has 0 saturated carbocycles. The molecule has 0 heterocycles. The number of thioether (sulfide) groups is 1. The molecule has 0 spiro atoms. The van der Waals surface area contributed by atoms with Gasteiger partial charge in [0.25, 0.3) is 11.8 Å². The van der Waals surface area contributed by atoms with Gasteiger partial charge in [0.05, 0.1) is 5.25 Å². The monoisotopic (exact) mass is 350 g/mol. The molecule has 2 amide bonds. The molecule has 0 saturated heterocycles. The molecule has 1 atom stereocenters. The third-order valence-electron chi connectivity index (χ3n) is 2.90. The fourth-order valence-corrected chi connectivity index (χ4v) is 2.70. The van der Waals surface area contributed by atoms with Gasteiger partial charge >= 0.3 is 0 Å². The molecule has 0 aliphatic heterocycles. The summed E-state index contributed by atoms with van der Waals surface area (Å²) in [5.41, 5.74) is 4.94. The highest BCUT2D eigenvalue weighted by Gasteiger charge is 2.15. The van der Waals surface area contributed by atoms with Crippen LogP contribution in [-0.4, -0.2) is 22.2 Å². The molecule has 7 heteroatoms. The largest absolute Gasteiger partial charge is 0.508 e. The smallest absolute Gasteiger partial charge is 0.269 e. The number of rotatable bonds is 4. The Morgan fingerprint density at radius 2 is 1.83 bits per heavy atom. The first kappa shape index (κ1) is 17.2. The first-order valence-corrected chi connectivity index (χ1v) is 8.03. The lowest BCUT2D eigenvalue weighted by atomic mass is 10.2. The average molecular weight is 351 g/mol. The highest BCUT2D eigenvalue weighted by atomic mass is 35.5. The summed E-state index contributed by atoms with van der Waals surface area (Å²) in [5, 5.41) is 9.56. The van der Waals surface area contributed by atoms with Gasteiger partial charge in [-0.3, -0.25) is 20.4 Å². The molecule has 23 heavy (non-hydrogen) atoms. The lowest BCUT2D eigenvalue weighted by Gasteiger charge is -2.13. The molecule has 2 aromatic carbocycles. The number of carbonyl (C=O) groups is 2. The van der Waals surface area contributed by atoms with Crippen molar-refractivity contribution in [1.29, 1.82) is 0 Å². The van der Waals surface area contributed by atoms with Gasteiger partial charge in [0.1, 0.15) is 5.75 Å². The molecule has 0 radical (unpaired) electrons. The van der Waals surface area contributed by atoms with Crippen molar-refractivity contribution in [3.63, 3.8) is 0 Å². The summed E-state index contributed by atoms with van der Waals surface area (Å²) in [4.78, 5) is 24.8. The number of hydrogen-bond acceptors (Lipinski definition) is 4. The second-order valence-electron chi connectivity index (χ2n) is 4.71. The SMILES string of the molecule is C[C@H](Sc1ccc(Cl)cc1)C(=O)NNC(=O)c1cccc(O)c1. The summed E-state index contributed by atoms with van der Waals surface area (Å²) in [5.74, 6) is -0.855. The van der Waals surface area contributed by atoms with E-state index in [1.165, 1.54) is 30.0 Å². The van der Waals surface area contributed by atoms with Crippen LogP contribution in [0, 0.1) is 0 Å². The molecule has 0 fully saturated rings. The Bertz CT molecular complexity index is 707. The van der Waals surface area contributed by atoms with Crippen molar-refractivity contribution in [2.24, 2.45) is 0 Å². The number of carbonyl (C=O) groups excluding carboxylic acids is 2. The van der Waals surface area contributed by atoms with E-state index in [1.54, 1.807) is 25.1 Å². The maximum atomic E-state index is 12.0. The second kappa shape index (κ2) is 7.89. The molecule has 0 unspecified atom stereocenters. The van der Waals surface area contributed by atoms with Gasteiger partial charge in [-0.2, -0.15) is 0 Å². The number of hydrogen-bond donors (Lipinski definition) is 3. The second-order valence-corrected chi connectivity index (χ2v) is 6.56. The Kier molecular flexibility index (Phi) is 5.90. The Hall–Kier alpha value is -2.18. The number of phenols is 1. The van der Waals surface area contributed by atoms with Crippen LogP contribution in [0.25, 0.3) is 0 Å². The highest BCUT2D eigenvalue weighted by Crippen LogP contribution is 2.24. The van der Waals surface area contributed by atoms with Gasteiger partial charge in [0.15, 0.2) is 0 Å². The van der Waals surface area contributed by atoms with Crippen molar-refractivity contribution in [2.75, 3.05) is 0 Å². The fraction of sp³-hybridized carbons (Fsp3) is 0.125. The van der Waals surface area contributed by atoms with Crippen molar-refractivity contribution in [3.8, 4) is 5.75 Å². The summed E-state index contributed by atoms with van der Waals surface area (Å²) in [7, 11) is 0. The predicted octanol–water partition coefficient (Wildman–Crippen LogP) is 2.99. The van der Waals surface area contributed by atoms with Gasteiger partial charge in [0.2, 0.25) is 0 Å². The van der Waals surface area contributed by atoms with E-state index in [9.17, 15) is 14.7 Å². The summed E-state index contributed by atoms with van der Waals surface area (Å²) < 4.78 is 0. The molecular formula is C16H15ClN2O3S. The maximum absolute atomic E-state index is 12.0. The van der Waals surface area contributed by atoms with Crippen LogP contribution in [0.3, 0.4) is 0 Å². The number of halogens is 1. The number of amides is 2. The van der Waals surface area contributed by atoms with Crippen LogP contribution < -0.4 is 10.9 Å². The number of benzene rings is 2. The molecule has 0 aliphatic carbocycles. The Balaban J connectivity index is 1.86. The Morgan fingerprint density at radius 1 is 1.13 bits per heavy atom. The molecule has 5 nitrogen and oxygen atoms in total. The van der Waals surface area contributed by atoms with E-state index >= 15 is 0 Å². The van der Waals surface area contributed by atoms with E-state index in [4.69, 9.17) is 11.6 Å². The van der Waals surface area contributed by atoms with E-state index in [0.717, 1.165) is 4.90 Å². The first-order valence-electron chi connectivity index (χ1n) is 6.77. The third kappa shape index (κ3) is 5.19. The van der Waals surface area contributed by atoms with Crippen molar-refractivity contribution in [1.82, 2.24) is 10.9 Å². The van der Waals surface area contributed by atoms with Crippen LogP contribution >= 0.6 is 23.4 Å². The fourth-order valence-electron chi connectivity index (χ4n) is 1.71. The van der Waals surface area contributed by atoms with Crippen LogP contribution in [-0.2, 0) is 4.79 Å². The van der Waals surface area contributed by atoms with Crippen LogP contribution in [0.5, 0.6) is 5.75 Å². The van der Waals surface area contributed by atoms with E-state index < -0.39 is 11.2 Å². The normalized spacial score (nSPS) is 11.6. The predicted molar refractivity (Wildman–Crippen MR) is 90.5 cm³/mol. The summed E-state index contributed by atoms with van der Waals surface area (Å²) >= 11 is 7.16. The zero-order chi connectivity index (χ0) is 16.8. The molecule has 120 valence electrons. The minimum absolute atomic E-state index is 0.0179. The number of hydrazine groups is 1. The van der Waals surface area contributed by atoms with Gasteiger partial charge < -0.3 is 5.11 Å². The lowest BCUT2D eigenvalue weighted by molar-refractivity contribution is -0.121. The molecule has 3 N–H and O–H groups in total. The standard InChI is InChI=1S/C16H15ClN2O3S/c1-10(23-14-7-5-12(17)6-8-14)15(21)18-19-16(22)11-3-2-4-13(20)9-11/h2-10,20H,1H3,(H,18,21)(H,19,22)/t10-/m0/s1. The van der Waals surface area contributed by atoms with Crippen LogP contribution in [0.2, 0.25) is 5.02 Å². The van der Waals surface area contributed by atoms with Crippen molar-refractivity contribution in [2.45, 2.75) is 17.1 Å². The summed E-state index contributed by atoms with van der Waals surface area (Å²) in [6, 6.07) is 13.0. The van der Waals surface area contributed by atoms with E-state index in [0.29, 0.717) is 5.02 Å². The number of nitrogens with one attached hydrogen (secondary N) is 2. The van der Waals surface area contributed by atoms with Gasteiger partial charge in [-0.15, -0.1) is 11.8 Å². The van der Waals surface area contributed by atoms with Crippen molar-refractivity contribution in [3.05, 3.63) is 59.1 Å². The lowest BCUT2D eigenvalue weighted by Crippen LogP contribution is -2.44. The highest BCUT2D eigenvalue weighted by molar-refractivity contribution is 8.00. The minimum Gasteiger partial charge on any atom is -0.508 e. The van der Waals surface area contributed by atoms with Crippen LogP contribution in [0.15, 0.2) is 53.4 Å². The maximum Gasteiger partial charge on any atom is 0.269 e. The number of phenolic OH excluding ortho intramolecular Hbond substituents is 1. The molecule has 2 rings (SSSR count). The topological polar surface area (TPSA) is 78.4 Å². The molecule has 0 aromatic heterocycles. The quantitative estimate of drug-likeness (QED) is 0.585. The summed E-state index contributed by atoms with van der Waals surface area (Å²) in [6.07, 6.45) is 0. The Morgan fingerprint density at radius 3 is 2.48 bits per heavy atom. The van der Waals surface area contributed by atoms with Crippen molar-refractivity contribution < 1.29 is 14.7 Å². The van der Waals surface area contributed by atoms with Gasteiger partial charge in [-0.25, -0.2) is 0 Å². The molecule has 0 bridgehead atoms. The minimum atomic E-state index is -0.502. The van der Waals surface area contributed by atoms with E-state index in [2.05, 4.69) is 10.9 Å². The third-order valence-corrected chi connectivity index (χ3v) is 4.27.